The van der Waals surface area contributed by atoms with Gasteiger partial charge in [0.15, 0.2) is 9.84 Å². The van der Waals surface area contributed by atoms with Crippen molar-refractivity contribution < 1.29 is 8.42 Å². The van der Waals surface area contributed by atoms with Crippen LogP contribution in [0, 0.1) is 6.92 Å². The minimum atomic E-state index is -3.38. The summed E-state index contributed by atoms with van der Waals surface area (Å²) in [6.07, 6.45) is 0. The number of rotatable bonds is 3. The molecule has 0 amide bonds. The third-order valence-electron chi connectivity index (χ3n) is 2.85. The summed E-state index contributed by atoms with van der Waals surface area (Å²) in [6, 6.07) is 11.6. The summed E-state index contributed by atoms with van der Waals surface area (Å²) in [5, 5.41) is 0.529. The van der Waals surface area contributed by atoms with Crippen LogP contribution in [-0.2, 0) is 15.6 Å². The van der Waals surface area contributed by atoms with Crippen LogP contribution in [0.3, 0.4) is 0 Å². The lowest BCUT2D eigenvalue weighted by Crippen LogP contribution is -2.06. The Balaban J connectivity index is 2.35. The molecule has 0 spiro atoms. The van der Waals surface area contributed by atoms with Crippen molar-refractivity contribution in [3.8, 4) is 0 Å². The number of nitrogens with two attached hydrogens (primary N) is 1. The van der Waals surface area contributed by atoms with Crippen LogP contribution >= 0.6 is 11.6 Å². The molecule has 0 saturated heterocycles. The average molecular weight is 296 g/mol. The predicted octanol–water partition coefficient (Wildman–Crippen LogP) is 3.20. The van der Waals surface area contributed by atoms with Crippen molar-refractivity contribution in [1.82, 2.24) is 0 Å². The van der Waals surface area contributed by atoms with Gasteiger partial charge in [0.1, 0.15) is 0 Å². The van der Waals surface area contributed by atoms with Gasteiger partial charge in [-0.2, -0.15) is 0 Å². The third-order valence-corrected chi connectivity index (χ3v) is 4.77. The molecule has 2 aromatic rings. The molecule has 0 heterocycles. The monoisotopic (exact) mass is 295 g/mol. The van der Waals surface area contributed by atoms with E-state index in [-0.39, 0.29) is 10.6 Å². The third kappa shape index (κ3) is 3.28. The number of hydrogen-bond donors (Lipinski definition) is 1. The van der Waals surface area contributed by atoms with E-state index in [1.54, 1.807) is 43.3 Å². The van der Waals surface area contributed by atoms with Crippen LogP contribution in [0.25, 0.3) is 0 Å². The first kappa shape index (κ1) is 13.9. The van der Waals surface area contributed by atoms with E-state index in [1.165, 1.54) is 6.07 Å². The zero-order valence-corrected chi connectivity index (χ0v) is 12.0. The highest BCUT2D eigenvalue weighted by Crippen LogP contribution is 2.22. The zero-order valence-electron chi connectivity index (χ0n) is 10.4. The van der Waals surface area contributed by atoms with Gasteiger partial charge >= 0.3 is 0 Å². The van der Waals surface area contributed by atoms with Crippen LogP contribution in [-0.4, -0.2) is 8.42 Å². The molecule has 2 rings (SSSR count). The van der Waals surface area contributed by atoms with Gasteiger partial charge in [0.25, 0.3) is 0 Å². The highest BCUT2D eigenvalue weighted by atomic mass is 35.5. The topological polar surface area (TPSA) is 60.2 Å². The van der Waals surface area contributed by atoms with Crippen LogP contribution in [0.1, 0.15) is 11.1 Å². The molecular weight excluding hydrogens is 282 g/mol. The van der Waals surface area contributed by atoms with Crippen molar-refractivity contribution in [1.29, 1.82) is 0 Å². The van der Waals surface area contributed by atoms with Gasteiger partial charge in [-0.1, -0.05) is 23.7 Å². The second kappa shape index (κ2) is 5.23. The van der Waals surface area contributed by atoms with Crippen molar-refractivity contribution in [3.63, 3.8) is 0 Å². The molecule has 0 radical (unpaired) electrons. The van der Waals surface area contributed by atoms with Crippen molar-refractivity contribution in [3.05, 3.63) is 58.6 Å². The lowest BCUT2D eigenvalue weighted by molar-refractivity contribution is 0.595. The first-order valence-electron chi connectivity index (χ1n) is 5.72. The number of nitrogen functional groups attached to an aromatic ring is 1. The SMILES string of the molecule is Cc1cc(S(=O)(=O)Cc2cccc(Cl)c2)ccc1N. The smallest absolute Gasteiger partial charge is 0.182 e. The molecule has 0 saturated carbocycles. The molecule has 0 aliphatic carbocycles. The van der Waals surface area contributed by atoms with Crippen LogP contribution in [0.2, 0.25) is 5.02 Å². The number of halogens is 1. The number of aryl methyl sites for hydroxylation is 1. The summed E-state index contributed by atoms with van der Waals surface area (Å²) in [4.78, 5) is 0.277. The first-order chi connectivity index (χ1) is 8.88. The summed E-state index contributed by atoms with van der Waals surface area (Å²) in [5.41, 5.74) is 7.70. The fraction of sp³-hybridized carbons (Fsp3) is 0.143. The fourth-order valence-electron chi connectivity index (χ4n) is 1.77. The normalized spacial score (nSPS) is 11.5. The van der Waals surface area contributed by atoms with Gasteiger partial charge in [0.05, 0.1) is 10.6 Å². The molecule has 0 unspecified atom stereocenters. The number of sulfone groups is 1. The quantitative estimate of drug-likeness (QED) is 0.885. The lowest BCUT2D eigenvalue weighted by atomic mass is 10.2. The minimum Gasteiger partial charge on any atom is -0.399 e. The summed E-state index contributed by atoms with van der Waals surface area (Å²) in [5.74, 6) is -0.0725. The second-order valence-corrected chi connectivity index (χ2v) is 6.83. The summed E-state index contributed by atoms with van der Waals surface area (Å²) >= 11 is 5.85. The molecule has 100 valence electrons. The minimum absolute atomic E-state index is 0.0725. The molecule has 0 aliphatic heterocycles. The Morgan fingerprint density at radius 2 is 1.89 bits per heavy atom. The molecule has 5 heteroatoms. The van der Waals surface area contributed by atoms with Gasteiger partial charge in [-0.25, -0.2) is 8.42 Å². The maximum atomic E-state index is 12.3. The number of benzene rings is 2. The van der Waals surface area contributed by atoms with Gasteiger partial charge in [-0.05, 0) is 48.4 Å². The van der Waals surface area contributed by atoms with Crippen molar-refractivity contribution >= 4 is 27.1 Å². The molecule has 0 atom stereocenters. The van der Waals surface area contributed by atoms with Crippen LogP contribution in [0.15, 0.2) is 47.4 Å². The van der Waals surface area contributed by atoms with E-state index in [9.17, 15) is 8.42 Å². The molecule has 2 aromatic carbocycles. The summed E-state index contributed by atoms with van der Waals surface area (Å²) in [6.45, 7) is 1.79. The van der Waals surface area contributed by atoms with Crippen LogP contribution in [0.5, 0.6) is 0 Å². The number of hydrogen-bond acceptors (Lipinski definition) is 3. The fourth-order valence-corrected chi connectivity index (χ4v) is 3.40. The van der Waals surface area contributed by atoms with Crippen LogP contribution < -0.4 is 5.73 Å². The average Bonchev–Trinajstić information content (AvgIpc) is 2.32. The molecule has 0 fully saturated rings. The highest BCUT2D eigenvalue weighted by molar-refractivity contribution is 7.90. The Morgan fingerprint density at radius 3 is 2.53 bits per heavy atom. The van der Waals surface area contributed by atoms with Crippen molar-refractivity contribution in [2.24, 2.45) is 0 Å². The lowest BCUT2D eigenvalue weighted by Gasteiger charge is -2.07. The highest BCUT2D eigenvalue weighted by Gasteiger charge is 2.16. The molecular formula is C14H14ClNO2S. The second-order valence-electron chi connectivity index (χ2n) is 4.41. The Bertz CT molecular complexity index is 711. The van der Waals surface area contributed by atoms with Gasteiger partial charge in [-0.15, -0.1) is 0 Å². The Hall–Kier alpha value is -1.52. The van der Waals surface area contributed by atoms with E-state index in [1.807, 2.05) is 0 Å². The van der Waals surface area contributed by atoms with E-state index >= 15 is 0 Å². The standard InChI is InChI=1S/C14H14ClNO2S/c1-10-7-13(5-6-14(10)16)19(17,18)9-11-3-2-4-12(15)8-11/h2-8H,9,16H2,1H3. The van der Waals surface area contributed by atoms with E-state index in [0.29, 0.717) is 16.3 Å². The molecule has 2 N–H and O–H groups in total. The molecule has 19 heavy (non-hydrogen) atoms. The van der Waals surface area contributed by atoms with E-state index in [4.69, 9.17) is 17.3 Å². The Morgan fingerprint density at radius 1 is 1.16 bits per heavy atom. The molecule has 0 aromatic heterocycles. The zero-order chi connectivity index (χ0) is 14.0. The van der Waals surface area contributed by atoms with Gasteiger partial charge in [-0.3, -0.25) is 0 Å². The largest absolute Gasteiger partial charge is 0.399 e. The molecule has 3 nitrogen and oxygen atoms in total. The first-order valence-corrected chi connectivity index (χ1v) is 7.75. The van der Waals surface area contributed by atoms with Crippen molar-refractivity contribution in [2.75, 3.05) is 5.73 Å². The van der Waals surface area contributed by atoms with Crippen molar-refractivity contribution in [2.45, 2.75) is 17.6 Å². The maximum Gasteiger partial charge on any atom is 0.182 e. The van der Waals surface area contributed by atoms with Gasteiger partial charge < -0.3 is 5.73 Å². The van der Waals surface area contributed by atoms with E-state index in [2.05, 4.69) is 0 Å². The number of anilines is 1. The molecule has 0 bridgehead atoms. The Labute approximate surface area is 117 Å². The summed E-state index contributed by atoms with van der Waals surface area (Å²) in [7, 11) is -3.38. The van der Waals surface area contributed by atoms with E-state index in [0.717, 1.165) is 5.56 Å². The predicted molar refractivity (Wildman–Crippen MR) is 77.9 cm³/mol. The van der Waals surface area contributed by atoms with Crippen LogP contribution in [0.4, 0.5) is 5.69 Å². The van der Waals surface area contributed by atoms with E-state index < -0.39 is 9.84 Å². The van der Waals surface area contributed by atoms with Gasteiger partial charge in [0, 0.05) is 10.7 Å². The Kier molecular flexibility index (Phi) is 3.83. The molecule has 0 aliphatic rings. The maximum absolute atomic E-state index is 12.3. The van der Waals surface area contributed by atoms with Gasteiger partial charge in [0.2, 0.25) is 0 Å². The summed E-state index contributed by atoms with van der Waals surface area (Å²) < 4.78 is 24.6.